The number of hydrogen-bond donors (Lipinski definition) is 2. The van der Waals surface area contributed by atoms with Gasteiger partial charge in [0.05, 0.1) is 6.10 Å². The third-order valence-electron chi connectivity index (χ3n) is 4.62. The normalized spacial score (nSPS) is 37.0. The molecule has 18 heavy (non-hydrogen) atoms. The van der Waals surface area contributed by atoms with Gasteiger partial charge < -0.3 is 15.8 Å². The Morgan fingerprint density at radius 3 is 3.00 bits per heavy atom. The second kappa shape index (κ2) is 4.56. The average molecular weight is 250 g/mol. The summed E-state index contributed by atoms with van der Waals surface area (Å²) in [5.41, 5.74) is 5.27. The fourth-order valence-corrected chi connectivity index (χ4v) is 3.43. The van der Waals surface area contributed by atoms with Gasteiger partial charge in [-0.25, -0.2) is 0 Å². The van der Waals surface area contributed by atoms with Gasteiger partial charge in [0.1, 0.15) is 5.54 Å². The number of nitrogens with one attached hydrogen (secondary N) is 1. The molecule has 1 aliphatic heterocycles. The molecule has 1 amide bonds. The first-order chi connectivity index (χ1) is 8.46. The predicted octanol–water partition coefficient (Wildman–Crippen LogP) is 0.658. The zero-order valence-electron chi connectivity index (χ0n) is 11.2. The maximum Gasteiger partial charge on any atom is 0.241 e. The van der Waals surface area contributed by atoms with Crippen LogP contribution in [0, 0.1) is 23.7 Å². The molecule has 0 aromatic carbocycles. The summed E-state index contributed by atoms with van der Waals surface area (Å²) in [5, 5.41) is 2.85. The zero-order chi connectivity index (χ0) is 13.4. The van der Waals surface area contributed by atoms with Gasteiger partial charge in [0.25, 0.3) is 0 Å². The summed E-state index contributed by atoms with van der Waals surface area (Å²) in [6.45, 7) is 5.29. The topological polar surface area (TPSA) is 64.4 Å². The molecule has 2 fully saturated rings. The smallest absolute Gasteiger partial charge is 0.241 e. The van der Waals surface area contributed by atoms with Crippen LogP contribution in [0.5, 0.6) is 0 Å². The molecular formula is C14H22N2O2. The fourth-order valence-electron chi connectivity index (χ4n) is 3.43. The van der Waals surface area contributed by atoms with Crippen LogP contribution < -0.4 is 11.1 Å². The van der Waals surface area contributed by atoms with Crippen LogP contribution in [0.25, 0.3) is 0 Å². The molecule has 0 spiro atoms. The molecule has 1 saturated carbocycles. The van der Waals surface area contributed by atoms with E-state index in [2.05, 4.69) is 11.2 Å². The first-order valence-corrected chi connectivity index (χ1v) is 6.58. The van der Waals surface area contributed by atoms with Crippen LogP contribution in [-0.2, 0) is 9.53 Å². The van der Waals surface area contributed by atoms with Crippen LogP contribution in [-0.4, -0.2) is 30.7 Å². The monoisotopic (exact) mass is 250 g/mol. The van der Waals surface area contributed by atoms with Gasteiger partial charge in [0.15, 0.2) is 0 Å². The van der Waals surface area contributed by atoms with Crippen molar-refractivity contribution in [1.29, 1.82) is 0 Å². The minimum Gasteiger partial charge on any atom is -0.377 e. The van der Waals surface area contributed by atoms with E-state index in [0.717, 1.165) is 19.4 Å². The van der Waals surface area contributed by atoms with Crippen LogP contribution >= 0.6 is 0 Å². The van der Waals surface area contributed by atoms with Crippen molar-refractivity contribution in [1.82, 2.24) is 5.32 Å². The Morgan fingerprint density at radius 1 is 1.61 bits per heavy atom. The third kappa shape index (κ3) is 1.65. The van der Waals surface area contributed by atoms with Crippen molar-refractivity contribution in [3.05, 3.63) is 0 Å². The lowest BCUT2D eigenvalue weighted by Gasteiger charge is -2.65. The zero-order valence-corrected chi connectivity index (χ0v) is 11.2. The first-order valence-electron chi connectivity index (χ1n) is 6.58. The van der Waals surface area contributed by atoms with Crippen LogP contribution in [0.2, 0.25) is 0 Å². The van der Waals surface area contributed by atoms with E-state index in [9.17, 15) is 4.79 Å². The van der Waals surface area contributed by atoms with E-state index in [1.165, 1.54) is 0 Å². The molecule has 3 N–H and O–H groups in total. The Kier molecular flexibility index (Phi) is 3.39. The molecule has 1 aliphatic carbocycles. The average Bonchev–Trinajstić information content (AvgIpc) is 2.37. The van der Waals surface area contributed by atoms with Gasteiger partial charge in [-0.2, -0.15) is 0 Å². The van der Waals surface area contributed by atoms with Crippen molar-refractivity contribution in [3.63, 3.8) is 0 Å². The van der Waals surface area contributed by atoms with Crippen LogP contribution in [0.4, 0.5) is 0 Å². The molecule has 3 atom stereocenters. The molecular weight excluding hydrogens is 228 g/mol. The molecule has 1 saturated heterocycles. The second-order valence-corrected chi connectivity index (χ2v) is 5.84. The molecule has 1 heterocycles. The van der Waals surface area contributed by atoms with Crippen LogP contribution in [0.1, 0.15) is 33.1 Å². The number of carbonyl (C=O) groups is 1. The summed E-state index contributed by atoms with van der Waals surface area (Å²) < 4.78 is 5.77. The quantitative estimate of drug-likeness (QED) is 0.571. The number of fused-ring (bicyclic) bond motifs is 1. The predicted molar refractivity (Wildman–Crippen MR) is 69.6 cm³/mol. The Bertz CT molecular complexity index is 386. The van der Waals surface area contributed by atoms with E-state index in [4.69, 9.17) is 16.9 Å². The summed E-state index contributed by atoms with van der Waals surface area (Å²) in [6.07, 6.45) is 7.76. The maximum atomic E-state index is 12.3. The van der Waals surface area contributed by atoms with Gasteiger partial charge in [0.2, 0.25) is 5.91 Å². The van der Waals surface area contributed by atoms with Crippen molar-refractivity contribution < 1.29 is 9.53 Å². The van der Waals surface area contributed by atoms with Gasteiger partial charge >= 0.3 is 0 Å². The summed E-state index contributed by atoms with van der Waals surface area (Å²) in [7, 11) is 0. The number of rotatable bonds is 3. The maximum absolute atomic E-state index is 12.3. The second-order valence-electron chi connectivity index (χ2n) is 5.84. The highest BCUT2D eigenvalue weighted by molar-refractivity contribution is 5.89. The number of nitrogens with two attached hydrogens (primary N) is 1. The summed E-state index contributed by atoms with van der Waals surface area (Å²) in [6, 6.07) is 0. The van der Waals surface area contributed by atoms with Crippen molar-refractivity contribution in [2.45, 2.75) is 44.8 Å². The summed E-state index contributed by atoms with van der Waals surface area (Å²) >= 11 is 0. The van der Waals surface area contributed by atoms with Gasteiger partial charge in [-0.05, 0) is 12.8 Å². The van der Waals surface area contributed by atoms with Gasteiger partial charge in [-0.1, -0.05) is 13.8 Å². The number of hydrogen-bond acceptors (Lipinski definition) is 3. The van der Waals surface area contributed by atoms with Gasteiger partial charge in [-0.15, -0.1) is 12.3 Å². The highest BCUT2D eigenvalue weighted by Gasteiger charge is 2.70. The minimum absolute atomic E-state index is 0.0884. The Labute approximate surface area is 109 Å². The highest BCUT2D eigenvalue weighted by Crippen LogP contribution is 2.57. The number of ether oxygens (including phenoxy) is 1. The molecule has 0 aromatic heterocycles. The van der Waals surface area contributed by atoms with Crippen molar-refractivity contribution >= 4 is 5.91 Å². The van der Waals surface area contributed by atoms with Crippen LogP contribution in [0.3, 0.4) is 0 Å². The Hall–Kier alpha value is -1.05. The van der Waals surface area contributed by atoms with Gasteiger partial charge in [0, 0.05) is 30.9 Å². The van der Waals surface area contributed by atoms with E-state index in [1.807, 2.05) is 13.8 Å². The van der Waals surface area contributed by atoms with E-state index < -0.39 is 5.54 Å². The molecule has 3 unspecified atom stereocenters. The molecule has 2 rings (SSSR count). The molecule has 0 bridgehead atoms. The molecule has 4 heteroatoms. The van der Waals surface area contributed by atoms with E-state index in [0.29, 0.717) is 13.0 Å². The van der Waals surface area contributed by atoms with E-state index in [1.54, 1.807) is 0 Å². The van der Waals surface area contributed by atoms with Crippen LogP contribution in [0.15, 0.2) is 0 Å². The number of amides is 1. The van der Waals surface area contributed by atoms with Crippen molar-refractivity contribution in [2.75, 3.05) is 13.2 Å². The lowest BCUT2D eigenvalue weighted by molar-refractivity contribution is -0.225. The number of terminal acetylenes is 1. The molecule has 100 valence electrons. The number of carbonyl (C=O) groups excluding carboxylic acids is 1. The molecule has 0 aromatic rings. The van der Waals surface area contributed by atoms with Gasteiger partial charge in [-0.3, -0.25) is 4.79 Å². The SMILES string of the molecule is C#CCCNC(=O)C1(N)C2CCCOC2C1(C)C. The fraction of sp³-hybridized carbons (Fsp3) is 0.786. The first kappa shape index (κ1) is 13.4. The third-order valence-corrected chi connectivity index (χ3v) is 4.62. The lowest BCUT2D eigenvalue weighted by atomic mass is 9.46. The van der Waals surface area contributed by atoms with E-state index >= 15 is 0 Å². The molecule has 4 nitrogen and oxygen atoms in total. The largest absolute Gasteiger partial charge is 0.377 e. The lowest BCUT2D eigenvalue weighted by Crippen LogP contribution is -2.82. The summed E-state index contributed by atoms with van der Waals surface area (Å²) in [4.78, 5) is 12.3. The van der Waals surface area contributed by atoms with Crippen molar-refractivity contribution in [3.8, 4) is 12.3 Å². The minimum atomic E-state index is -0.827. The highest BCUT2D eigenvalue weighted by atomic mass is 16.5. The Morgan fingerprint density at radius 2 is 2.33 bits per heavy atom. The summed E-state index contributed by atoms with van der Waals surface area (Å²) in [5.74, 6) is 2.55. The van der Waals surface area contributed by atoms with Crippen molar-refractivity contribution in [2.24, 2.45) is 17.1 Å². The standard InChI is InChI=1S/C14H22N2O2/c1-4-5-8-16-12(17)14(15)10-7-6-9-18-11(10)13(14,2)3/h1,10-11H,5-9,15H2,2-3H3,(H,16,17). The van der Waals surface area contributed by atoms with E-state index in [-0.39, 0.29) is 23.3 Å². The molecule has 0 radical (unpaired) electrons. The Balaban J connectivity index is 2.09. The molecule has 2 aliphatic rings.